The Morgan fingerprint density at radius 1 is 0.560 bits per heavy atom. The highest BCUT2D eigenvalue weighted by atomic mass is 14.2. The Morgan fingerprint density at radius 2 is 1.16 bits per heavy atom. The van der Waals surface area contributed by atoms with Crippen LogP contribution in [0.25, 0.3) is 10.8 Å². The lowest BCUT2D eigenvalue weighted by Crippen LogP contribution is -2.00. The van der Waals surface area contributed by atoms with E-state index >= 15 is 0 Å². The third-order valence-electron chi connectivity index (χ3n) is 5.47. The summed E-state index contributed by atoms with van der Waals surface area (Å²) in [5.41, 5.74) is 4.89. The van der Waals surface area contributed by atoms with E-state index < -0.39 is 0 Å². The minimum atomic E-state index is 1.24. The summed E-state index contributed by atoms with van der Waals surface area (Å²) in [6.45, 7) is 6.90. The molecule has 0 unspecified atom stereocenters. The molecule has 0 spiro atoms. The van der Waals surface area contributed by atoms with E-state index in [1.165, 1.54) is 82.4 Å². The molecule has 2 aromatic rings. The summed E-state index contributed by atoms with van der Waals surface area (Å²) in [7, 11) is 0. The van der Waals surface area contributed by atoms with Crippen molar-refractivity contribution in [2.24, 2.45) is 0 Å². The second-order valence-electron chi connectivity index (χ2n) is 7.59. The summed E-state index contributed by atoms with van der Waals surface area (Å²) in [5.74, 6) is 0. The van der Waals surface area contributed by atoms with E-state index in [4.69, 9.17) is 0 Å². The third kappa shape index (κ3) is 5.87. The standard InChI is InChI=1S/C25H38/c1-4-7-10-14-21-19-20-23-17-13-16-22(15-11-8-5-2)25(23)24(21)18-12-9-6-3/h13,16-17,19-20H,4-12,14-15,18H2,1-3H3. The summed E-state index contributed by atoms with van der Waals surface area (Å²) in [6, 6.07) is 11.8. The topological polar surface area (TPSA) is 0 Å². The maximum absolute atomic E-state index is 2.43. The molecular weight excluding hydrogens is 300 g/mol. The second-order valence-corrected chi connectivity index (χ2v) is 7.59. The Balaban J connectivity index is 2.37. The molecule has 25 heavy (non-hydrogen) atoms. The number of hydrogen-bond donors (Lipinski definition) is 0. The van der Waals surface area contributed by atoms with Crippen molar-refractivity contribution in [3.05, 3.63) is 47.0 Å². The van der Waals surface area contributed by atoms with Gasteiger partial charge in [0.2, 0.25) is 0 Å². The van der Waals surface area contributed by atoms with Gasteiger partial charge in [-0.25, -0.2) is 0 Å². The Morgan fingerprint density at radius 3 is 1.80 bits per heavy atom. The summed E-state index contributed by atoms with van der Waals surface area (Å²) in [6.07, 6.45) is 15.7. The maximum Gasteiger partial charge on any atom is -0.0117 e. The lowest BCUT2D eigenvalue weighted by Gasteiger charge is -2.17. The fraction of sp³-hybridized carbons (Fsp3) is 0.600. The molecule has 0 aromatic heterocycles. The van der Waals surface area contributed by atoms with Gasteiger partial charge in [0.25, 0.3) is 0 Å². The number of benzene rings is 2. The van der Waals surface area contributed by atoms with Gasteiger partial charge >= 0.3 is 0 Å². The normalized spacial score (nSPS) is 11.3. The summed E-state index contributed by atoms with van der Waals surface area (Å²) >= 11 is 0. The van der Waals surface area contributed by atoms with E-state index in [0.29, 0.717) is 0 Å². The van der Waals surface area contributed by atoms with Crippen LogP contribution in [0.1, 0.15) is 95.2 Å². The van der Waals surface area contributed by atoms with Crippen LogP contribution in [-0.2, 0) is 19.3 Å². The molecule has 0 aliphatic heterocycles. The van der Waals surface area contributed by atoms with Crippen LogP contribution in [-0.4, -0.2) is 0 Å². The predicted octanol–water partition coefficient (Wildman–Crippen LogP) is 8.04. The molecule has 0 fully saturated rings. The van der Waals surface area contributed by atoms with Crippen LogP contribution in [0, 0.1) is 0 Å². The van der Waals surface area contributed by atoms with E-state index in [1.807, 2.05) is 0 Å². The van der Waals surface area contributed by atoms with Crippen molar-refractivity contribution in [2.75, 3.05) is 0 Å². The van der Waals surface area contributed by atoms with Crippen LogP contribution in [0.2, 0.25) is 0 Å². The number of rotatable bonds is 12. The molecule has 0 aliphatic rings. The predicted molar refractivity (Wildman–Crippen MR) is 114 cm³/mol. The fourth-order valence-electron chi connectivity index (χ4n) is 3.99. The van der Waals surface area contributed by atoms with Gasteiger partial charge in [-0.05, 0) is 66.0 Å². The number of fused-ring (bicyclic) bond motifs is 1. The molecule has 2 rings (SSSR count). The first-order valence-corrected chi connectivity index (χ1v) is 10.8. The maximum atomic E-state index is 2.43. The molecule has 0 atom stereocenters. The van der Waals surface area contributed by atoms with Crippen molar-refractivity contribution in [1.82, 2.24) is 0 Å². The molecular formula is C25H38. The molecule has 0 bridgehead atoms. The van der Waals surface area contributed by atoms with E-state index in [-0.39, 0.29) is 0 Å². The van der Waals surface area contributed by atoms with Gasteiger partial charge in [-0.1, -0.05) is 89.6 Å². The monoisotopic (exact) mass is 338 g/mol. The van der Waals surface area contributed by atoms with E-state index in [0.717, 1.165) is 0 Å². The van der Waals surface area contributed by atoms with Crippen molar-refractivity contribution in [1.29, 1.82) is 0 Å². The molecule has 0 saturated heterocycles. The van der Waals surface area contributed by atoms with Crippen LogP contribution in [0.4, 0.5) is 0 Å². The zero-order chi connectivity index (χ0) is 17.9. The van der Waals surface area contributed by atoms with Crippen LogP contribution >= 0.6 is 0 Å². The molecule has 0 heterocycles. The zero-order valence-corrected chi connectivity index (χ0v) is 16.9. The van der Waals surface area contributed by atoms with Crippen molar-refractivity contribution in [3.8, 4) is 0 Å². The average Bonchev–Trinajstić information content (AvgIpc) is 2.63. The lowest BCUT2D eigenvalue weighted by molar-refractivity contribution is 0.694. The van der Waals surface area contributed by atoms with Gasteiger partial charge < -0.3 is 0 Å². The van der Waals surface area contributed by atoms with Crippen molar-refractivity contribution < 1.29 is 0 Å². The van der Waals surface area contributed by atoms with Gasteiger partial charge in [-0.3, -0.25) is 0 Å². The quantitative estimate of drug-likeness (QED) is 0.343. The van der Waals surface area contributed by atoms with Crippen LogP contribution in [0.15, 0.2) is 30.3 Å². The number of aryl methyl sites for hydroxylation is 3. The molecule has 0 nitrogen and oxygen atoms in total. The fourth-order valence-corrected chi connectivity index (χ4v) is 3.99. The molecule has 0 N–H and O–H groups in total. The first kappa shape index (κ1) is 20.0. The first-order valence-electron chi connectivity index (χ1n) is 10.8. The number of unbranched alkanes of at least 4 members (excludes halogenated alkanes) is 6. The minimum absolute atomic E-state index is 1.24. The second kappa shape index (κ2) is 11.3. The highest BCUT2D eigenvalue weighted by Crippen LogP contribution is 2.30. The van der Waals surface area contributed by atoms with Crippen LogP contribution in [0.5, 0.6) is 0 Å². The Bertz CT molecular complexity index is 623. The summed E-state index contributed by atoms with van der Waals surface area (Å²) in [4.78, 5) is 0. The van der Waals surface area contributed by atoms with Crippen LogP contribution < -0.4 is 0 Å². The largest absolute Gasteiger partial charge is 0.0654 e. The lowest BCUT2D eigenvalue weighted by atomic mass is 9.88. The van der Waals surface area contributed by atoms with Crippen molar-refractivity contribution in [3.63, 3.8) is 0 Å². The van der Waals surface area contributed by atoms with Crippen molar-refractivity contribution in [2.45, 2.75) is 97.8 Å². The summed E-state index contributed by atoms with van der Waals surface area (Å²) < 4.78 is 0. The van der Waals surface area contributed by atoms with Gasteiger partial charge in [0.15, 0.2) is 0 Å². The van der Waals surface area contributed by atoms with Gasteiger partial charge in [0.05, 0.1) is 0 Å². The SMILES string of the molecule is CCCCCc1ccc2cccc(CCCCC)c2c1CCCCC. The molecule has 2 aromatic carbocycles. The van der Waals surface area contributed by atoms with E-state index in [9.17, 15) is 0 Å². The molecule has 138 valence electrons. The third-order valence-corrected chi connectivity index (χ3v) is 5.47. The Kier molecular flexibility index (Phi) is 9.08. The first-order chi connectivity index (χ1) is 12.3. The average molecular weight is 339 g/mol. The Hall–Kier alpha value is -1.30. The van der Waals surface area contributed by atoms with E-state index in [2.05, 4.69) is 51.1 Å². The zero-order valence-electron chi connectivity index (χ0n) is 16.9. The van der Waals surface area contributed by atoms with Gasteiger partial charge in [0, 0.05) is 0 Å². The van der Waals surface area contributed by atoms with Crippen molar-refractivity contribution >= 4 is 10.8 Å². The molecule has 0 aliphatic carbocycles. The summed E-state index contributed by atoms with van der Waals surface area (Å²) in [5, 5.41) is 3.06. The molecule has 0 heteroatoms. The highest BCUT2D eigenvalue weighted by Gasteiger charge is 2.11. The Labute approximate surface area is 156 Å². The van der Waals surface area contributed by atoms with Gasteiger partial charge in [-0.15, -0.1) is 0 Å². The van der Waals surface area contributed by atoms with E-state index in [1.54, 1.807) is 22.1 Å². The highest BCUT2D eigenvalue weighted by molar-refractivity contribution is 5.90. The molecule has 0 saturated carbocycles. The van der Waals surface area contributed by atoms with Gasteiger partial charge in [0.1, 0.15) is 0 Å². The molecule has 0 amide bonds. The van der Waals surface area contributed by atoms with Crippen LogP contribution in [0.3, 0.4) is 0 Å². The number of hydrogen-bond acceptors (Lipinski definition) is 0. The minimum Gasteiger partial charge on any atom is -0.0654 e. The van der Waals surface area contributed by atoms with Gasteiger partial charge in [-0.2, -0.15) is 0 Å². The smallest absolute Gasteiger partial charge is 0.0117 e. The molecule has 0 radical (unpaired) electrons.